The van der Waals surface area contributed by atoms with Gasteiger partial charge in [-0.2, -0.15) is 5.26 Å². The van der Waals surface area contributed by atoms with E-state index in [-0.39, 0.29) is 0 Å². The molecule has 0 atom stereocenters. The smallest absolute Gasteiger partial charge is 0.119 e. The lowest BCUT2D eigenvalue weighted by Crippen LogP contribution is -2.05. The molecule has 0 spiro atoms. The molecule has 0 radical (unpaired) electrons. The van der Waals surface area contributed by atoms with Gasteiger partial charge in [-0.3, -0.25) is 0 Å². The van der Waals surface area contributed by atoms with E-state index >= 15 is 0 Å². The van der Waals surface area contributed by atoms with Crippen LogP contribution in [-0.2, 0) is 6.61 Å². The SMILES string of the molecule is N#Cc1ccc(COc2ccc(NCCCCN)cc2)cc1. The number of hydrogen-bond donors (Lipinski definition) is 2. The number of nitrogens with two attached hydrogens (primary N) is 1. The van der Waals surface area contributed by atoms with E-state index in [9.17, 15) is 0 Å². The molecule has 0 fully saturated rings. The van der Waals surface area contributed by atoms with Gasteiger partial charge in [0.15, 0.2) is 0 Å². The van der Waals surface area contributed by atoms with Crippen molar-refractivity contribution in [2.45, 2.75) is 19.4 Å². The van der Waals surface area contributed by atoms with Gasteiger partial charge in [0.1, 0.15) is 12.4 Å². The molecule has 0 heterocycles. The van der Waals surface area contributed by atoms with Crippen LogP contribution in [0.3, 0.4) is 0 Å². The van der Waals surface area contributed by atoms with Crippen LogP contribution in [-0.4, -0.2) is 13.1 Å². The average molecular weight is 295 g/mol. The molecule has 114 valence electrons. The summed E-state index contributed by atoms with van der Waals surface area (Å²) < 4.78 is 5.74. The summed E-state index contributed by atoms with van der Waals surface area (Å²) in [6.45, 7) is 2.17. The third kappa shape index (κ3) is 5.12. The van der Waals surface area contributed by atoms with Crippen molar-refractivity contribution in [3.63, 3.8) is 0 Å². The van der Waals surface area contributed by atoms with Gasteiger partial charge in [0.05, 0.1) is 11.6 Å². The van der Waals surface area contributed by atoms with Crippen molar-refractivity contribution in [3.8, 4) is 11.8 Å². The van der Waals surface area contributed by atoms with E-state index in [1.807, 2.05) is 36.4 Å². The number of nitrogens with one attached hydrogen (secondary N) is 1. The molecule has 3 N–H and O–H groups in total. The van der Waals surface area contributed by atoms with Crippen LogP contribution in [0.15, 0.2) is 48.5 Å². The summed E-state index contributed by atoms with van der Waals surface area (Å²) in [5.74, 6) is 0.830. The van der Waals surface area contributed by atoms with Gasteiger partial charge in [-0.25, -0.2) is 0 Å². The molecule has 0 unspecified atom stereocenters. The van der Waals surface area contributed by atoms with E-state index in [2.05, 4.69) is 11.4 Å². The van der Waals surface area contributed by atoms with Gasteiger partial charge in [0, 0.05) is 12.2 Å². The van der Waals surface area contributed by atoms with Crippen molar-refractivity contribution in [2.75, 3.05) is 18.4 Å². The summed E-state index contributed by atoms with van der Waals surface area (Å²) in [5, 5.41) is 12.1. The van der Waals surface area contributed by atoms with Gasteiger partial charge < -0.3 is 15.8 Å². The van der Waals surface area contributed by atoms with Gasteiger partial charge in [-0.15, -0.1) is 0 Å². The van der Waals surface area contributed by atoms with Crippen LogP contribution in [0, 0.1) is 11.3 Å². The normalized spacial score (nSPS) is 10.0. The molecule has 0 saturated carbocycles. The number of benzene rings is 2. The minimum Gasteiger partial charge on any atom is -0.489 e. The van der Waals surface area contributed by atoms with Crippen LogP contribution in [0.2, 0.25) is 0 Å². The third-order valence-electron chi connectivity index (χ3n) is 3.30. The monoisotopic (exact) mass is 295 g/mol. The van der Waals surface area contributed by atoms with Gasteiger partial charge in [0.2, 0.25) is 0 Å². The summed E-state index contributed by atoms with van der Waals surface area (Å²) in [4.78, 5) is 0. The molecule has 0 bridgehead atoms. The lowest BCUT2D eigenvalue weighted by atomic mass is 10.1. The Labute approximate surface area is 131 Å². The number of nitrogens with zero attached hydrogens (tertiary/aromatic N) is 1. The van der Waals surface area contributed by atoms with Crippen LogP contribution >= 0.6 is 0 Å². The Kier molecular flexibility index (Phi) is 6.28. The zero-order valence-electron chi connectivity index (χ0n) is 12.6. The highest BCUT2D eigenvalue weighted by atomic mass is 16.5. The second kappa shape index (κ2) is 8.71. The molecule has 0 aliphatic rings. The maximum absolute atomic E-state index is 8.76. The van der Waals surface area contributed by atoms with E-state index in [1.54, 1.807) is 12.1 Å². The fourth-order valence-corrected chi connectivity index (χ4v) is 2.01. The van der Waals surface area contributed by atoms with Crippen molar-refractivity contribution < 1.29 is 4.74 Å². The summed E-state index contributed by atoms with van der Waals surface area (Å²) >= 11 is 0. The van der Waals surface area contributed by atoms with Crippen LogP contribution in [0.5, 0.6) is 5.75 Å². The highest BCUT2D eigenvalue weighted by molar-refractivity contribution is 5.46. The topological polar surface area (TPSA) is 71.1 Å². The first kappa shape index (κ1) is 15.9. The molecule has 2 aromatic rings. The molecule has 4 heteroatoms. The summed E-state index contributed by atoms with van der Waals surface area (Å²) in [7, 11) is 0. The first-order valence-electron chi connectivity index (χ1n) is 7.47. The lowest BCUT2D eigenvalue weighted by Gasteiger charge is -2.09. The quantitative estimate of drug-likeness (QED) is 0.733. The molecular formula is C18H21N3O. The van der Waals surface area contributed by atoms with Crippen molar-refractivity contribution in [2.24, 2.45) is 5.73 Å². The molecule has 2 rings (SSSR count). The van der Waals surface area contributed by atoms with E-state index < -0.39 is 0 Å². The Hall–Kier alpha value is -2.51. The molecule has 4 nitrogen and oxygen atoms in total. The van der Waals surface area contributed by atoms with Gasteiger partial charge in [-0.05, 0) is 61.3 Å². The number of anilines is 1. The molecular weight excluding hydrogens is 274 g/mol. The second-order valence-corrected chi connectivity index (χ2v) is 5.04. The first-order valence-corrected chi connectivity index (χ1v) is 7.47. The van der Waals surface area contributed by atoms with Gasteiger partial charge >= 0.3 is 0 Å². The van der Waals surface area contributed by atoms with E-state index in [1.165, 1.54) is 0 Å². The van der Waals surface area contributed by atoms with Gasteiger partial charge in [-0.1, -0.05) is 12.1 Å². The zero-order chi connectivity index (χ0) is 15.6. The lowest BCUT2D eigenvalue weighted by molar-refractivity contribution is 0.306. The summed E-state index contributed by atoms with van der Waals surface area (Å²) in [5.41, 5.74) is 8.26. The largest absolute Gasteiger partial charge is 0.489 e. The Bertz CT molecular complexity index is 600. The third-order valence-corrected chi connectivity index (χ3v) is 3.30. The zero-order valence-corrected chi connectivity index (χ0v) is 12.6. The molecule has 0 amide bonds. The maximum Gasteiger partial charge on any atom is 0.119 e. The van der Waals surface area contributed by atoms with Crippen LogP contribution < -0.4 is 15.8 Å². The van der Waals surface area contributed by atoms with E-state index in [0.29, 0.717) is 12.2 Å². The van der Waals surface area contributed by atoms with Crippen molar-refractivity contribution in [1.29, 1.82) is 5.26 Å². The van der Waals surface area contributed by atoms with Crippen molar-refractivity contribution >= 4 is 5.69 Å². The second-order valence-electron chi connectivity index (χ2n) is 5.04. The predicted molar refractivity (Wildman–Crippen MR) is 88.7 cm³/mol. The average Bonchev–Trinajstić information content (AvgIpc) is 2.58. The molecule has 0 saturated heterocycles. The first-order chi connectivity index (χ1) is 10.8. The number of unbranched alkanes of at least 4 members (excludes halogenated alkanes) is 1. The van der Waals surface area contributed by atoms with Crippen molar-refractivity contribution in [3.05, 3.63) is 59.7 Å². The number of ether oxygens (including phenoxy) is 1. The summed E-state index contributed by atoms with van der Waals surface area (Å²) in [6, 6.07) is 17.4. The predicted octanol–water partition coefficient (Wildman–Crippen LogP) is 3.29. The number of nitriles is 1. The van der Waals surface area contributed by atoms with Crippen LogP contribution in [0.1, 0.15) is 24.0 Å². The van der Waals surface area contributed by atoms with E-state index in [0.717, 1.165) is 42.9 Å². The minimum absolute atomic E-state index is 0.495. The minimum atomic E-state index is 0.495. The molecule has 0 aliphatic heterocycles. The Morgan fingerprint density at radius 1 is 1.00 bits per heavy atom. The van der Waals surface area contributed by atoms with Crippen LogP contribution in [0.4, 0.5) is 5.69 Å². The number of rotatable bonds is 8. The molecule has 0 aromatic heterocycles. The Morgan fingerprint density at radius 2 is 1.73 bits per heavy atom. The van der Waals surface area contributed by atoms with E-state index in [4.69, 9.17) is 15.7 Å². The molecule has 0 aliphatic carbocycles. The highest BCUT2D eigenvalue weighted by Gasteiger charge is 1.98. The fraction of sp³-hybridized carbons (Fsp3) is 0.278. The Morgan fingerprint density at radius 3 is 2.36 bits per heavy atom. The molecule has 2 aromatic carbocycles. The summed E-state index contributed by atoms with van der Waals surface area (Å²) in [6.07, 6.45) is 2.12. The van der Waals surface area contributed by atoms with Gasteiger partial charge in [0.25, 0.3) is 0 Å². The molecule has 22 heavy (non-hydrogen) atoms. The highest BCUT2D eigenvalue weighted by Crippen LogP contribution is 2.17. The Balaban J connectivity index is 1.79. The van der Waals surface area contributed by atoms with Crippen molar-refractivity contribution in [1.82, 2.24) is 0 Å². The number of hydrogen-bond acceptors (Lipinski definition) is 4. The maximum atomic E-state index is 8.76. The van der Waals surface area contributed by atoms with Crippen LogP contribution in [0.25, 0.3) is 0 Å². The fourth-order valence-electron chi connectivity index (χ4n) is 2.01. The standard InChI is InChI=1S/C18H21N3O/c19-11-1-2-12-21-17-7-9-18(10-8-17)22-14-16-5-3-15(13-20)4-6-16/h3-10,21H,1-2,11-12,14,19H2.